The van der Waals surface area contributed by atoms with Crippen LogP contribution in [0.1, 0.15) is 45.4 Å². The highest BCUT2D eigenvalue weighted by atomic mass is 16.5. The fraction of sp³-hybridized carbons (Fsp3) is 0.600. The van der Waals surface area contributed by atoms with Gasteiger partial charge in [-0.05, 0) is 31.4 Å². The molecule has 0 fully saturated rings. The van der Waals surface area contributed by atoms with Crippen molar-refractivity contribution in [2.45, 2.75) is 51.5 Å². The minimum Gasteiger partial charge on any atom is -0.494 e. The molecule has 1 aromatic rings. The Hall–Kier alpha value is -1.02. The van der Waals surface area contributed by atoms with E-state index in [1.54, 1.807) is 0 Å². The van der Waals surface area contributed by atoms with Crippen LogP contribution in [0.25, 0.3) is 0 Å². The monoisotopic (exact) mass is 235 g/mol. The molecule has 0 aromatic heterocycles. The van der Waals surface area contributed by atoms with Crippen molar-refractivity contribution < 1.29 is 4.74 Å². The molecular formula is C15H25NO. The summed E-state index contributed by atoms with van der Waals surface area (Å²) in [6.45, 7) is 3.00. The van der Waals surface area contributed by atoms with Gasteiger partial charge in [0.25, 0.3) is 0 Å². The summed E-state index contributed by atoms with van der Waals surface area (Å²) in [5, 5.41) is 0. The van der Waals surface area contributed by atoms with Crippen LogP contribution >= 0.6 is 0 Å². The van der Waals surface area contributed by atoms with Crippen molar-refractivity contribution in [2.75, 3.05) is 6.61 Å². The number of hydrogen-bond acceptors (Lipinski definition) is 2. The van der Waals surface area contributed by atoms with Crippen LogP contribution in [0.4, 0.5) is 0 Å². The van der Waals surface area contributed by atoms with Crippen molar-refractivity contribution in [3.8, 4) is 5.75 Å². The maximum Gasteiger partial charge on any atom is 0.119 e. The lowest BCUT2D eigenvalue weighted by Gasteiger charge is -2.10. The first-order valence-corrected chi connectivity index (χ1v) is 6.76. The number of hydrogen-bond donors (Lipinski definition) is 1. The van der Waals surface area contributed by atoms with E-state index < -0.39 is 0 Å². The maximum absolute atomic E-state index is 5.96. The highest BCUT2D eigenvalue weighted by Crippen LogP contribution is 2.10. The lowest BCUT2D eigenvalue weighted by molar-refractivity contribution is 0.303. The molecule has 2 N–H and O–H groups in total. The van der Waals surface area contributed by atoms with Crippen LogP contribution in [0, 0.1) is 0 Å². The van der Waals surface area contributed by atoms with Crippen molar-refractivity contribution in [1.82, 2.24) is 0 Å². The van der Waals surface area contributed by atoms with Crippen LogP contribution in [-0.2, 0) is 0 Å². The normalized spacial score (nSPS) is 12.4. The summed E-state index contributed by atoms with van der Waals surface area (Å²) in [5.74, 6) is 0.968. The highest BCUT2D eigenvalue weighted by molar-refractivity contribution is 5.20. The molecule has 0 aliphatic heterocycles. The smallest absolute Gasteiger partial charge is 0.119 e. The minimum absolute atomic E-state index is 0.398. The minimum atomic E-state index is 0.398. The van der Waals surface area contributed by atoms with Crippen molar-refractivity contribution >= 4 is 0 Å². The van der Waals surface area contributed by atoms with E-state index >= 15 is 0 Å². The number of unbranched alkanes of at least 4 members (excludes halogenated alkanes) is 2. The number of para-hydroxylation sites is 1. The largest absolute Gasteiger partial charge is 0.494 e. The van der Waals surface area contributed by atoms with E-state index in [1.165, 1.54) is 19.3 Å². The fourth-order valence-electron chi connectivity index (χ4n) is 1.91. The fourth-order valence-corrected chi connectivity index (χ4v) is 1.91. The quantitative estimate of drug-likeness (QED) is 0.661. The standard InChI is InChI=1S/C15H25NO/c1-2-9-14(16)10-5-4-8-13-17-15-11-6-3-7-12-15/h3,6-7,11-12,14H,2,4-5,8-10,13,16H2,1H3. The van der Waals surface area contributed by atoms with Gasteiger partial charge < -0.3 is 10.5 Å². The highest BCUT2D eigenvalue weighted by Gasteiger charge is 2.00. The molecule has 96 valence electrons. The summed E-state index contributed by atoms with van der Waals surface area (Å²) in [4.78, 5) is 0. The number of ether oxygens (including phenoxy) is 1. The van der Waals surface area contributed by atoms with Gasteiger partial charge in [0.05, 0.1) is 6.61 Å². The van der Waals surface area contributed by atoms with Gasteiger partial charge in [0, 0.05) is 6.04 Å². The summed E-state index contributed by atoms with van der Waals surface area (Å²) in [5.41, 5.74) is 5.96. The van der Waals surface area contributed by atoms with Crippen LogP contribution in [0.2, 0.25) is 0 Å². The van der Waals surface area contributed by atoms with Crippen LogP contribution in [0.3, 0.4) is 0 Å². The predicted molar refractivity (Wildman–Crippen MR) is 73.3 cm³/mol. The van der Waals surface area contributed by atoms with Crippen molar-refractivity contribution in [3.05, 3.63) is 30.3 Å². The number of nitrogens with two attached hydrogens (primary N) is 1. The molecule has 0 aliphatic rings. The molecule has 0 saturated carbocycles. The Bertz CT molecular complexity index is 274. The molecule has 17 heavy (non-hydrogen) atoms. The lowest BCUT2D eigenvalue weighted by Crippen LogP contribution is -2.19. The van der Waals surface area contributed by atoms with Crippen LogP contribution in [0.15, 0.2) is 30.3 Å². The molecule has 2 heteroatoms. The van der Waals surface area contributed by atoms with E-state index in [0.717, 1.165) is 31.6 Å². The Morgan fingerprint density at radius 3 is 2.53 bits per heavy atom. The van der Waals surface area contributed by atoms with Gasteiger partial charge in [0.15, 0.2) is 0 Å². The first kappa shape index (κ1) is 14.0. The zero-order chi connectivity index (χ0) is 12.3. The molecule has 0 amide bonds. The Balaban J connectivity index is 1.95. The molecule has 0 heterocycles. The average molecular weight is 235 g/mol. The van der Waals surface area contributed by atoms with Crippen LogP contribution in [0.5, 0.6) is 5.75 Å². The molecule has 0 aliphatic carbocycles. The van der Waals surface area contributed by atoms with Crippen LogP contribution < -0.4 is 10.5 Å². The molecule has 1 unspecified atom stereocenters. The summed E-state index contributed by atoms with van der Waals surface area (Å²) in [7, 11) is 0. The Kier molecular flexibility index (Phi) is 7.48. The van der Waals surface area contributed by atoms with Gasteiger partial charge in [0.1, 0.15) is 5.75 Å². The third kappa shape index (κ3) is 7.01. The topological polar surface area (TPSA) is 35.2 Å². The Morgan fingerprint density at radius 2 is 1.82 bits per heavy atom. The Morgan fingerprint density at radius 1 is 1.06 bits per heavy atom. The molecule has 1 aromatic carbocycles. The van der Waals surface area contributed by atoms with Gasteiger partial charge in [-0.2, -0.15) is 0 Å². The first-order chi connectivity index (χ1) is 8.33. The van der Waals surface area contributed by atoms with Gasteiger partial charge in [-0.25, -0.2) is 0 Å². The molecule has 0 spiro atoms. The molecule has 2 nitrogen and oxygen atoms in total. The van der Waals surface area contributed by atoms with Crippen LogP contribution in [-0.4, -0.2) is 12.6 Å². The average Bonchev–Trinajstić information content (AvgIpc) is 2.35. The maximum atomic E-state index is 5.96. The van der Waals surface area contributed by atoms with Crippen molar-refractivity contribution in [1.29, 1.82) is 0 Å². The van der Waals surface area contributed by atoms with Gasteiger partial charge in [-0.1, -0.05) is 44.4 Å². The predicted octanol–water partition coefficient (Wildman–Crippen LogP) is 3.75. The second-order valence-electron chi connectivity index (χ2n) is 4.56. The van der Waals surface area contributed by atoms with Gasteiger partial charge >= 0.3 is 0 Å². The lowest BCUT2D eigenvalue weighted by atomic mass is 10.1. The van der Waals surface area contributed by atoms with E-state index in [9.17, 15) is 0 Å². The molecule has 0 radical (unpaired) electrons. The summed E-state index contributed by atoms with van der Waals surface area (Å²) in [6.07, 6.45) is 7.05. The number of rotatable bonds is 9. The molecule has 0 bridgehead atoms. The first-order valence-electron chi connectivity index (χ1n) is 6.76. The molecule has 1 atom stereocenters. The Labute approximate surface area is 105 Å². The molecule has 1 rings (SSSR count). The molecule has 0 saturated heterocycles. The van der Waals surface area contributed by atoms with E-state index in [-0.39, 0.29) is 0 Å². The van der Waals surface area contributed by atoms with Gasteiger partial charge in [-0.3, -0.25) is 0 Å². The van der Waals surface area contributed by atoms with E-state index in [1.807, 2.05) is 30.3 Å². The zero-order valence-electron chi connectivity index (χ0n) is 10.9. The molecular weight excluding hydrogens is 210 g/mol. The van der Waals surface area contributed by atoms with Gasteiger partial charge in [0.2, 0.25) is 0 Å². The summed E-state index contributed by atoms with van der Waals surface area (Å²) < 4.78 is 5.63. The SMILES string of the molecule is CCCC(N)CCCCCOc1ccccc1. The van der Waals surface area contributed by atoms with E-state index in [4.69, 9.17) is 10.5 Å². The third-order valence-corrected chi connectivity index (χ3v) is 2.89. The van der Waals surface area contributed by atoms with Gasteiger partial charge in [-0.15, -0.1) is 0 Å². The zero-order valence-corrected chi connectivity index (χ0v) is 10.9. The van der Waals surface area contributed by atoms with E-state index in [2.05, 4.69) is 6.92 Å². The summed E-state index contributed by atoms with van der Waals surface area (Å²) >= 11 is 0. The second kappa shape index (κ2) is 9.06. The third-order valence-electron chi connectivity index (χ3n) is 2.89. The number of benzene rings is 1. The van der Waals surface area contributed by atoms with E-state index in [0.29, 0.717) is 6.04 Å². The second-order valence-corrected chi connectivity index (χ2v) is 4.56. The summed E-state index contributed by atoms with van der Waals surface area (Å²) in [6, 6.07) is 10.4. The van der Waals surface area contributed by atoms with Crippen molar-refractivity contribution in [3.63, 3.8) is 0 Å². The van der Waals surface area contributed by atoms with Crippen molar-refractivity contribution in [2.24, 2.45) is 5.73 Å².